The van der Waals surface area contributed by atoms with E-state index in [0.717, 1.165) is 43.9 Å². The second-order valence-corrected chi connectivity index (χ2v) is 11.3. The first-order chi connectivity index (χ1) is 18.6. The van der Waals surface area contributed by atoms with Crippen LogP contribution in [-0.2, 0) is 6.54 Å². The predicted octanol–water partition coefficient (Wildman–Crippen LogP) is 4.92. The Morgan fingerprint density at radius 2 is 1.79 bits per heavy atom. The first kappa shape index (κ1) is 28.3. The minimum absolute atomic E-state index is 0.235. The molecule has 9 heteroatoms. The number of aromatic nitrogens is 3. The van der Waals surface area contributed by atoms with E-state index in [9.17, 15) is 4.79 Å². The van der Waals surface area contributed by atoms with Crippen molar-refractivity contribution in [2.24, 2.45) is 11.7 Å². The van der Waals surface area contributed by atoms with Gasteiger partial charge in [-0.25, -0.2) is 0 Å². The second-order valence-electron chi connectivity index (χ2n) is 11.3. The van der Waals surface area contributed by atoms with Crippen LogP contribution in [0, 0.1) is 12.8 Å². The van der Waals surface area contributed by atoms with E-state index in [4.69, 9.17) is 15.7 Å². The van der Waals surface area contributed by atoms with Gasteiger partial charge in [-0.1, -0.05) is 58.0 Å². The molecular weight excluding hydrogens is 488 g/mol. The molecule has 1 saturated heterocycles. The van der Waals surface area contributed by atoms with Crippen LogP contribution < -0.4 is 21.3 Å². The van der Waals surface area contributed by atoms with Crippen molar-refractivity contribution in [2.45, 2.75) is 59.5 Å². The smallest absolute Gasteiger partial charge is 0.248 e. The molecule has 0 saturated carbocycles. The lowest BCUT2D eigenvalue weighted by Crippen LogP contribution is -2.28. The number of carbonyl (C=O) groups is 1. The first-order valence-electron chi connectivity index (χ1n) is 13.8. The van der Waals surface area contributed by atoms with Crippen molar-refractivity contribution in [3.63, 3.8) is 0 Å². The van der Waals surface area contributed by atoms with Gasteiger partial charge in [0.1, 0.15) is 0 Å². The molecule has 3 aromatic rings. The van der Waals surface area contributed by atoms with Crippen molar-refractivity contribution >= 4 is 29.4 Å². The highest BCUT2D eigenvalue weighted by Gasteiger charge is 2.24. The van der Waals surface area contributed by atoms with Crippen molar-refractivity contribution < 1.29 is 4.79 Å². The van der Waals surface area contributed by atoms with Crippen LogP contribution >= 0.6 is 0 Å². The van der Waals surface area contributed by atoms with E-state index in [1.54, 1.807) is 12.1 Å². The molecule has 1 atom stereocenters. The van der Waals surface area contributed by atoms with Gasteiger partial charge in [-0.2, -0.15) is 15.0 Å². The van der Waals surface area contributed by atoms with Crippen LogP contribution in [0.25, 0.3) is 0 Å². The SMILES string of the molecule is Cc1ccc(C(N)=O)cc1Nc1nc(N[C@H]2CCN(Cc3ccc(C(C)C)cc3)C2)nc(N(C)CC(C)C)n1. The summed E-state index contributed by atoms with van der Waals surface area (Å²) in [4.78, 5) is 30.4. The Hall–Kier alpha value is -3.72. The fourth-order valence-corrected chi connectivity index (χ4v) is 4.86. The van der Waals surface area contributed by atoms with E-state index in [1.165, 1.54) is 11.1 Å². The number of nitrogens with two attached hydrogens (primary N) is 1. The molecule has 0 aliphatic carbocycles. The highest BCUT2D eigenvalue weighted by Crippen LogP contribution is 2.24. The van der Waals surface area contributed by atoms with Gasteiger partial charge in [-0.15, -0.1) is 0 Å². The number of hydrogen-bond acceptors (Lipinski definition) is 8. The third kappa shape index (κ3) is 7.66. The highest BCUT2D eigenvalue weighted by molar-refractivity contribution is 5.94. The van der Waals surface area contributed by atoms with E-state index in [2.05, 4.69) is 72.5 Å². The summed E-state index contributed by atoms with van der Waals surface area (Å²) in [6.07, 6.45) is 1.01. The zero-order chi connectivity index (χ0) is 28.1. The van der Waals surface area contributed by atoms with Crippen molar-refractivity contribution in [3.8, 4) is 0 Å². The standard InChI is InChI=1S/C30H42N8O/c1-19(2)16-37(6)30-35-28(34-29(36-30)33-26-15-24(27(31)39)10-7-21(26)5)32-25-13-14-38(18-25)17-22-8-11-23(12-9-22)20(3)4/h7-12,15,19-20,25H,13-14,16-18H2,1-6H3,(H2,31,39)(H2,32,33,34,35,36)/t25-/m0/s1. The summed E-state index contributed by atoms with van der Waals surface area (Å²) in [6.45, 7) is 14.4. The number of anilines is 4. The number of aryl methyl sites for hydroxylation is 1. The average molecular weight is 531 g/mol. The third-order valence-corrected chi connectivity index (χ3v) is 7.03. The maximum absolute atomic E-state index is 11.7. The fourth-order valence-electron chi connectivity index (χ4n) is 4.86. The summed E-state index contributed by atoms with van der Waals surface area (Å²) < 4.78 is 0. The largest absolute Gasteiger partial charge is 0.366 e. The number of amides is 1. The number of primary amides is 1. The number of benzene rings is 2. The monoisotopic (exact) mass is 530 g/mol. The molecule has 4 rings (SSSR count). The minimum atomic E-state index is -0.477. The van der Waals surface area contributed by atoms with E-state index in [-0.39, 0.29) is 6.04 Å². The van der Waals surface area contributed by atoms with Crippen LogP contribution in [0.5, 0.6) is 0 Å². The van der Waals surface area contributed by atoms with E-state index >= 15 is 0 Å². The topological polar surface area (TPSA) is 112 Å². The maximum atomic E-state index is 11.7. The number of rotatable bonds is 11. The highest BCUT2D eigenvalue weighted by atomic mass is 16.1. The molecule has 9 nitrogen and oxygen atoms in total. The lowest BCUT2D eigenvalue weighted by Gasteiger charge is -2.22. The van der Waals surface area contributed by atoms with E-state index in [1.807, 2.05) is 24.9 Å². The summed E-state index contributed by atoms with van der Waals surface area (Å²) in [7, 11) is 1.99. The zero-order valence-corrected chi connectivity index (χ0v) is 24.0. The Bertz CT molecular complexity index is 1270. The fraction of sp³-hybridized carbons (Fsp3) is 0.467. The molecule has 208 valence electrons. The Labute approximate surface area is 232 Å². The Morgan fingerprint density at radius 3 is 2.46 bits per heavy atom. The van der Waals surface area contributed by atoms with Crippen molar-refractivity contribution in [3.05, 3.63) is 64.7 Å². The molecule has 1 aromatic heterocycles. The van der Waals surface area contributed by atoms with E-state index < -0.39 is 5.91 Å². The quantitative estimate of drug-likeness (QED) is 0.320. The van der Waals surface area contributed by atoms with Gasteiger partial charge < -0.3 is 21.3 Å². The van der Waals surface area contributed by atoms with Gasteiger partial charge in [-0.05, 0) is 54.0 Å². The number of nitrogens with one attached hydrogen (secondary N) is 2. The summed E-state index contributed by atoms with van der Waals surface area (Å²) >= 11 is 0. The molecule has 1 amide bonds. The number of nitrogens with zero attached hydrogens (tertiary/aromatic N) is 5. The number of carbonyl (C=O) groups excluding carboxylic acids is 1. The van der Waals surface area contributed by atoms with Gasteiger partial charge in [0.25, 0.3) is 0 Å². The van der Waals surface area contributed by atoms with Gasteiger partial charge >= 0.3 is 0 Å². The Morgan fingerprint density at radius 1 is 1.08 bits per heavy atom. The predicted molar refractivity (Wildman–Crippen MR) is 159 cm³/mol. The van der Waals surface area contributed by atoms with Crippen LogP contribution in [0.4, 0.5) is 23.5 Å². The molecule has 2 aromatic carbocycles. The lowest BCUT2D eigenvalue weighted by molar-refractivity contribution is 0.100. The molecule has 2 heterocycles. The van der Waals surface area contributed by atoms with Crippen LogP contribution in [0.3, 0.4) is 0 Å². The normalized spacial score (nSPS) is 15.6. The van der Waals surface area contributed by atoms with Crippen LogP contribution in [0.2, 0.25) is 0 Å². The summed E-state index contributed by atoms with van der Waals surface area (Å²) in [6, 6.07) is 14.5. The molecule has 39 heavy (non-hydrogen) atoms. The summed E-state index contributed by atoms with van der Waals surface area (Å²) in [5.74, 6) is 2.06. The number of likely N-dealkylation sites (tertiary alicyclic amines) is 1. The third-order valence-electron chi connectivity index (χ3n) is 7.03. The molecular formula is C30H42N8O. The minimum Gasteiger partial charge on any atom is -0.366 e. The zero-order valence-electron chi connectivity index (χ0n) is 24.0. The molecule has 0 spiro atoms. The molecule has 0 bridgehead atoms. The van der Waals surface area contributed by atoms with Crippen LogP contribution in [-0.4, -0.2) is 58.5 Å². The van der Waals surface area contributed by atoms with Crippen molar-refractivity contribution in [1.29, 1.82) is 0 Å². The second kappa shape index (κ2) is 12.4. The maximum Gasteiger partial charge on any atom is 0.248 e. The van der Waals surface area contributed by atoms with Gasteiger partial charge in [0.15, 0.2) is 0 Å². The number of hydrogen-bond donors (Lipinski definition) is 3. The molecule has 1 fully saturated rings. The van der Waals surface area contributed by atoms with Gasteiger partial charge in [0, 0.05) is 50.5 Å². The summed E-state index contributed by atoms with van der Waals surface area (Å²) in [5, 5.41) is 6.84. The van der Waals surface area contributed by atoms with Gasteiger partial charge in [-0.3, -0.25) is 9.69 Å². The van der Waals surface area contributed by atoms with Crippen LogP contribution in [0.15, 0.2) is 42.5 Å². The first-order valence-corrected chi connectivity index (χ1v) is 13.8. The van der Waals surface area contributed by atoms with Crippen molar-refractivity contribution in [1.82, 2.24) is 19.9 Å². The Balaban J connectivity index is 1.50. The van der Waals surface area contributed by atoms with Gasteiger partial charge in [0.05, 0.1) is 0 Å². The van der Waals surface area contributed by atoms with E-state index in [0.29, 0.717) is 35.2 Å². The van der Waals surface area contributed by atoms with Crippen molar-refractivity contribution in [2.75, 3.05) is 42.2 Å². The molecule has 0 radical (unpaired) electrons. The summed E-state index contributed by atoms with van der Waals surface area (Å²) in [5.41, 5.74) is 10.3. The molecule has 0 unspecified atom stereocenters. The molecule has 1 aliphatic heterocycles. The average Bonchev–Trinajstić information content (AvgIpc) is 3.31. The van der Waals surface area contributed by atoms with Crippen LogP contribution in [0.1, 0.15) is 67.1 Å². The lowest BCUT2D eigenvalue weighted by atomic mass is 10.0. The van der Waals surface area contributed by atoms with Gasteiger partial charge in [0.2, 0.25) is 23.8 Å². The molecule has 1 aliphatic rings. The molecule has 4 N–H and O–H groups in total. The Kier molecular flexibility index (Phi) is 9.01.